The average molecular weight is 288 g/mol. The largest absolute Gasteiger partial charge is 0.431 e. The number of hydrogen-bond acceptors (Lipinski definition) is 6. The van der Waals surface area contributed by atoms with Gasteiger partial charge in [0, 0.05) is 13.1 Å². The first-order chi connectivity index (χ1) is 10.2. The number of ether oxygens (including phenoxy) is 1. The number of amides is 1. The number of rotatable bonds is 3. The topological polar surface area (TPSA) is 93.6 Å². The number of carbonyl (C=O) groups excluding carboxylic acids is 1. The van der Waals surface area contributed by atoms with E-state index in [1.54, 1.807) is 0 Å². The number of benzene rings is 1. The Morgan fingerprint density at radius 1 is 1.29 bits per heavy atom. The van der Waals surface area contributed by atoms with Gasteiger partial charge in [0.05, 0.1) is 24.6 Å². The van der Waals surface area contributed by atoms with Crippen LogP contribution in [-0.4, -0.2) is 37.2 Å². The van der Waals surface area contributed by atoms with E-state index in [-0.39, 0.29) is 17.6 Å². The van der Waals surface area contributed by atoms with E-state index < -0.39 is 0 Å². The molecule has 21 heavy (non-hydrogen) atoms. The zero-order valence-corrected chi connectivity index (χ0v) is 11.4. The number of nitrogens with zero attached hydrogens (tertiary/aromatic N) is 2. The molecular formula is C14H16N4O3. The molecule has 7 heteroatoms. The first-order valence-electron chi connectivity index (χ1n) is 6.68. The van der Waals surface area contributed by atoms with Gasteiger partial charge in [-0.15, -0.1) is 0 Å². The Kier molecular flexibility index (Phi) is 3.74. The van der Waals surface area contributed by atoms with Gasteiger partial charge in [-0.25, -0.2) is 0 Å². The van der Waals surface area contributed by atoms with Crippen molar-refractivity contribution in [2.75, 3.05) is 42.3 Å². The predicted octanol–water partition coefficient (Wildman–Crippen LogP) is 1.35. The van der Waals surface area contributed by atoms with Crippen molar-refractivity contribution in [1.29, 1.82) is 0 Å². The van der Waals surface area contributed by atoms with Crippen LogP contribution >= 0.6 is 0 Å². The van der Waals surface area contributed by atoms with E-state index in [0.717, 1.165) is 24.5 Å². The van der Waals surface area contributed by atoms with Crippen LogP contribution < -0.4 is 16.0 Å². The van der Waals surface area contributed by atoms with Crippen LogP contribution in [0.2, 0.25) is 0 Å². The van der Waals surface area contributed by atoms with Crippen molar-refractivity contribution in [2.45, 2.75) is 0 Å². The number of nitrogens with two attached hydrogens (primary N) is 1. The maximum absolute atomic E-state index is 12.1. The minimum atomic E-state index is -0.351. The van der Waals surface area contributed by atoms with Crippen LogP contribution in [0.3, 0.4) is 0 Å². The molecule has 110 valence electrons. The Balaban J connectivity index is 1.80. The lowest BCUT2D eigenvalue weighted by Gasteiger charge is -2.30. The summed E-state index contributed by atoms with van der Waals surface area (Å²) in [5, 5.41) is 2.84. The molecule has 7 nitrogen and oxygen atoms in total. The van der Waals surface area contributed by atoms with E-state index >= 15 is 0 Å². The summed E-state index contributed by atoms with van der Waals surface area (Å²) in [6.45, 7) is 2.96. The highest BCUT2D eigenvalue weighted by Crippen LogP contribution is 2.26. The molecule has 0 spiro atoms. The molecule has 2 aromatic rings. The number of anilines is 3. The molecule has 1 saturated heterocycles. The summed E-state index contributed by atoms with van der Waals surface area (Å²) in [6, 6.07) is 7.61. The summed E-state index contributed by atoms with van der Waals surface area (Å²) in [5.41, 5.74) is 7.22. The van der Waals surface area contributed by atoms with E-state index in [0.29, 0.717) is 13.2 Å². The highest BCUT2D eigenvalue weighted by Gasteiger charge is 2.17. The van der Waals surface area contributed by atoms with Gasteiger partial charge in [0.2, 0.25) is 0 Å². The number of morpholine rings is 1. The molecule has 0 atom stereocenters. The Morgan fingerprint density at radius 2 is 2.05 bits per heavy atom. The zero-order valence-electron chi connectivity index (χ0n) is 11.4. The third-order valence-electron chi connectivity index (χ3n) is 3.26. The fourth-order valence-corrected chi connectivity index (χ4v) is 2.24. The van der Waals surface area contributed by atoms with Crippen LogP contribution in [0.15, 0.2) is 34.9 Å². The summed E-state index contributed by atoms with van der Waals surface area (Å²) < 4.78 is 10.2. The van der Waals surface area contributed by atoms with Gasteiger partial charge in [-0.1, -0.05) is 12.1 Å². The van der Waals surface area contributed by atoms with Gasteiger partial charge in [-0.05, 0) is 12.1 Å². The lowest BCUT2D eigenvalue weighted by atomic mass is 10.2. The Hall–Kier alpha value is -2.54. The quantitative estimate of drug-likeness (QED) is 0.885. The van der Waals surface area contributed by atoms with Gasteiger partial charge in [0.15, 0.2) is 5.69 Å². The molecule has 2 heterocycles. The average Bonchev–Trinajstić information content (AvgIpc) is 2.95. The SMILES string of the molecule is Nc1nc(C(=O)Nc2ccccc2N2CCOCC2)co1. The van der Waals surface area contributed by atoms with Crippen molar-refractivity contribution in [1.82, 2.24) is 4.98 Å². The van der Waals surface area contributed by atoms with Crippen molar-refractivity contribution in [3.05, 3.63) is 36.2 Å². The molecule has 0 aliphatic carbocycles. The van der Waals surface area contributed by atoms with E-state index in [4.69, 9.17) is 14.9 Å². The highest BCUT2D eigenvalue weighted by atomic mass is 16.5. The number of carbonyl (C=O) groups is 1. The third kappa shape index (κ3) is 2.97. The van der Waals surface area contributed by atoms with Gasteiger partial charge < -0.3 is 25.1 Å². The fourth-order valence-electron chi connectivity index (χ4n) is 2.24. The molecule has 1 aliphatic rings. The van der Waals surface area contributed by atoms with E-state index in [1.807, 2.05) is 24.3 Å². The molecule has 0 bridgehead atoms. The van der Waals surface area contributed by atoms with Crippen LogP contribution in [0.5, 0.6) is 0 Å². The monoisotopic (exact) mass is 288 g/mol. The summed E-state index contributed by atoms with van der Waals surface area (Å²) in [6.07, 6.45) is 1.24. The minimum absolute atomic E-state index is 0.0263. The molecule has 3 N–H and O–H groups in total. The normalized spacial score (nSPS) is 15.0. The van der Waals surface area contributed by atoms with Gasteiger partial charge in [-0.3, -0.25) is 4.79 Å². The molecule has 1 aromatic heterocycles. The van der Waals surface area contributed by atoms with Crippen molar-refractivity contribution in [2.24, 2.45) is 0 Å². The van der Waals surface area contributed by atoms with Crippen LogP contribution in [0.1, 0.15) is 10.5 Å². The van der Waals surface area contributed by atoms with Crippen molar-refractivity contribution >= 4 is 23.3 Å². The number of aromatic nitrogens is 1. The number of para-hydroxylation sites is 2. The van der Waals surface area contributed by atoms with Crippen LogP contribution in [-0.2, 0) is 4.74 Å². The maximum Gasteiger partial charge on any atom is 0.292 e. The van der Waals surface area contributed by atoms with E-state index in [2.05, 4.69) is 15.2 Å². The Bertz CT molecular complexity index is 635. The smallest absolute Gasteiger partial charge is 0.292 e. The van der Waals surface area contributed by atoms with E-state index in [9.17, 15) is 4.79 Å². The molecule has 1 amide bonds. The molecule has 0 unspecified atom stereocenters. The molecule has 1 aliphatic heterocycles. The van der Waals surface area contributed by atoms with E-state index in [1.165, 1.54) is 6.26 Å². The summed E-state index contributed by atoms with van der Waals surface area (Å²) in [5.74, 6) is -0.351. The van der Waals surface area contributed by atoms with Gasteiger partial charge in [-0.2, -0.15) is 4.98 Å². The fraction of sp³-hybridized carbons (Fsp3) is 0.286. The number of nitrogen functional groups attached to an aromatic ring is 1. The summed E-state index contributed by atoms with van der Waals surface area (Å²) in [7, 11) is 0. The van der Waals surface area contributed by atoms with Crippen LogP contribution in [0.4, 0.5) is 17.4 Å². The van der Waals surface area contributed by atoms with Gasteiger partial charge in [0.1, 0.15) is 6.26 Å². The maximum atomic E-state index is 12.1. The molecule has 0 radical (unpaired) electrons. The molecule has 1 aromatic carbocycles. The van der Waals surface area contributed by atoms with Crippen molar-refractivity contribution in [3.63, 3.8) is 0 Å². The summed E-state index contributed by atoms with van der Waals surface area (Å²) >= 11 is 0. The third-order valence-corrected chi connectivity index (χ3v) is 3.26. The number of oxazole rings is 1. The molecule has 0 saturated carbocycles. The number of hydrogen-bond donors (Lipinski definition) is 2. The van der Waals surface area contributed by atoms with Crippen molar-refractivity contribution < 1.29 is 13.9 Å². The zero-order chi connectivity index (χ0) is 14.7. The lowest BCUT2D eigenvalue weighted by molar-refractivity contribution is 0.102. The van der Waals surface area contributed by atoms with Crippen LogP contribution in [0.25, 0.3) is 0 Å². The first kappa shape index (κ1) is 13.4. The van der Waals surface area contributed by atoms with Gasteiger partial charge in [0.25, 0.3) is 11.9 Å². The highest BCUT2D eigenvalue weighted by molar-refractivity contribution is 6.04. The second-order valence-electron chi connectivity index (χ2n) is 4.64. The minimum Gasteiger partial charge on any atom is -0.431 e. The molecule has 1 fully saturated rings. The predicted molar refractivity (Wildman–Crippen MR) is 78.3 cm³/mol. The second-order valence-corrected chi connectivity index (χ2v) is 4.64. The van der Waals surface area contributed by atoms with Gasteiger partial charge >= 0.3 is 0 Å². The molecular weight excluding hydrogens is 272 g/mol. The Labute approximate surface area is 121 Å². The Morgan fingerprint density at radius 3 is 2.76 bits per heavy atom. The second kappa shape index (κ2) is 5.84. The molecule has 3 rings (SSSR count). The first-order valence-corrected chi connectivity index (χ1v) is 6.68. The number of nitrogens with one attached hydrogen (secondary N) is 1. The standard InChI is InChI=1S/C14H16N4O3/c15-14-17-11(9-21-14)13(19)16-10-3-1-2-4-12(10)18-5-7-20-8-6-18/h1-4,9H,5-8H2,(H2,15,17)(H,16,19). The van der Waals surface area contributed by atoms with Crippen molar-refractivity contribution in [3.8, 4) is 0 Å². The lowest BCUT2D eigenvalue weighted by Crippen LogP contribution is -2.36. The van der Waals surface area contributed by atoms with Crippen LogP contribution in [0, 0.1) is 0 Å². The summed E-state index contributed by atoms with van der Waals surface area (Å²) in [4.78, 5) is 18.1.